The van der Waals surface area contributed by atoms with Crippen LogP contribution in [0.25, 0.3) is 0 Å². The fraction of sp³-hybridized carbons (Fsp3) is 1.00. The van der Waals surface area contributed by atoms with E-state index in [1.807, 2.05) is 0 Å². The Morgan fingerprint density at radius 1 is 1.08 bits per heavy atom. The van der Waals surface area contributed by atoms with E-state index in [0.29, 0.717) is 0 Å². The average Bonchev–Trinajstić information content (AvgIpc) is 2.82. The van der Waals surface area contributed by atoms with E-state index in [9.17, 15) is 48.7 Å². The third kappa shape index (κ3) is 6.31. The molecule has 5 unspecified atom stereocenters. The molecular formula is C12H24O12SSe. The molecule has 9 atom stereocenters. The van der Waals surface area contributed by atoms with Gasteiger partial charge in [-0.05, 0) is 0 Å². The monoisotopic (exact) mass is 472 g/mol. The normalized spacial score (nSPS) is 32.8. The molecule has 14 heteroatoms. The fourth-order valence-corrected chi connectivity index (χ4v) is 8.76. The Hall–Kier alpha value is 0.0695. The quantitative estimate of drug-likeness (QED) is 0.0850. The van der Waals surface area contributed by atoms with Crippen molar-refractivity contribution in [3.8, 4) is 0 Å². The molecule has 1 heterocycles. The number of hydrogen-bond acceptors (Lipinski definition) is 12. The molecule has 1 aliphatic heterocycles. The second-order valence-electron chi connectivity index (χ2n) is 5.92. The molecule has 12 nitrogen and oxygen atoms in total. The fourth-order valence-electron chi connectivity index (χ4n) is 2.62. The summed E-state index contributed by atoms with van der Waals surface area (Å²) in [4.78, 5) is -0.728. The van der Waals surface area contributed by atoms with Gasteiger partial charge in [0.05, 0.1) is 0 Å². The van der Waals surface area contributed by atoms with Gasteiger partial charge in [0.15, 0.2) is 0 Å². The van der Waals surface area contributed by atoms with E-state index in [2.05, 4.69) is 4.18 Å². The summed E-state index contributed by atoms with van der Waals surface area (Å²) in [5.41, 5.74) is 0. The van der Waals surface area contributed by atoms with Crippen LogP contribution in [0.4, 0.5) is 0 Å². The molecule has 0 amide bonds. The van der Waals surface area contributed by atoms with Gasteiger partial charge in [-0.2, -0.15) is 0 Å². The molecule has 1 aliphatic rings. The van der Waals surface area contributed by atoms with Crippen LogP contribution in [0.5, 0.6) is 0 Å². The molecule has 1 fully saturated rings. The van der Waals surface area contributed by atoms with Crippen molar-refractivity contribution >= 4 is 24.3 Å². The SMILES string of the molecule is O=S(=O)([O-])O[C@H](C(O)C[Se+]1C[C@@H](O)[C@H](O)[C@H]1CO)C(O)C(O)C(O)CO. The number of rotatable bonds is 10. The summed E-state index contributed by atoms with van der Waals surface area (Å²) in [5, 5.41) is 76.6. The Balaban J connectivity index is 2.95. The zero-order valence-electron chi connectivity index (χ0n) is 13.5. The van der Waals surface area contributed by atoms with Gasteiger partial charge in [-0.25, -0.2) is 0 Å². The molecule has 0 saturated carbocycles. The minimum atomic E-state index is -5.41. The van der Waals surface area contributed by atoms with E-state index >= 15 is 0 Å². The minimum absolute atomic E-state index is 0.0677. The van der Waals surface area contributed by atoms with Crippen LogP contribution in [0, 0.1) is 0 Å². The second kappa shape index (κ2) is 10.0. The molecule has 0 spiro atoms. The summed E-state index contributed by atoms with van der Waals surface area (Å²) < 4.78 is 36.7. The van der Waals surface area contributed by atoms with Gasteiger partial charge in [-0.3, -0.25) is 0 Å². The third-order valence-electron chi connectivity index (χ3n) is 4.03. The molecule has 1 rings (SSSR count). The molecule has 0 aromatic carbocycles. The van der Waals surface area contributed by atoms with Crippen LogP contribution in [0.15, 0.2) is 0 Å². The average molecular weight is 471 g/mol. The van der Waals surface area contributed by atoms with Crippen LogP contribution in [-0.4, -0.2) is 124 Å². The van der Waals surface area contributed by atoms with Crippen molar-refractivity contribution in [3.63, 3.8) is 0 Å². The van der Waals surface area contributed by atoms with E-state index in [4.69, 9.17) is 5.11 Å². The van der Waals surface area contributed by atoms with Crippen molar-refractivity contribution < 1.29 is 58.0 Å². The predicted octanol–water partition coefficient (Wildman–Crippen LogP) is -5.14. The van der Waals surface area contributed by atoms with E-state index in [0.717, 1.165) is 0 Å². The van der Waals surface area contributed by atoms with E-state index in [1.165, 1.54) is 0 Å². The summed E-state index contributed by atoms with van der Waals surface area (Å²) in [5.74, 6) is 0. The summed E-state index contributed by atoms with van der Waals surface area (Å²) in [7, 11) is -5.41. The van der Waals surface area contributed by atoms with Gasteiger partial charge in [0.2, 0.25) is 0 Å². The van der Waals surface area contributed by atoms with E-state index in [-0.39, 0.29) is 10.6 Å². The summed E-state index contributed by atoms with van der Waals surface area (Å²) in [6.45, 7) is -1.48. The third-order valence-corrected chi connectivity index (χ3v) is 10.4. The van der Waals surface area contributed by atoms with Gasteiger partial charge in [0, 0.05) is 0 Å². The molecule has 8 N–H and O–H groups in total. The van der Waals surface area contributed by atoms with Crippen molar-refractivity contribution in [2.24, 2.45) is 0 Å². The van der Waals surface area contributed by atoms with Gasteiger partial charge in [0.25, 0.3) is 0 Å². The Morgan fingerprint density at radius 3 is 2.12 bits per heavy atom. The predicted molar refractivity (Wildman–Crippen MR) is 83.9 cm³/mol. The van der Waals surface area contributed by atoms with Gasteiger partial charge in [-0.15, -0.1) is 0 Å². The van der Waals surface area contributed by atoms with Crippen molar-refractivity contribution in [2.75, 3.05) is 13.2 Å². The van der Waals surface area contributed by atoms with Crippen LogP contribution >= 0.6 is 0 Å². The zero-order valence-corrected chi connectivity index (χ0v) is 16.0. The second-order valence-corrected chi connectivity index (χ2v) is 11.9. The van der Waals surface area contributed by atoms with Crippen LogP contribution in [0.1, 0.15) is 0 Å². The van der Waals surface area contributed by atoms with E-state index < -0.39 is 85.1 Å². The van der Waals surface area contributed by atoms with Crippen molar-refractivity contribution in [3.05, 3.63) is 0 Å². The molecule has 1 saturated heterocycles. The number of aliphatic hydroxyl groups is 8. The van der Waals surface area contributed by atoms with Gasteiger partial charge >= 0.3 is 154 Å². The molecule has 0 aliphatic carbocycles. The van der Waals surface area contributed by atoms with Gasteiger partial charge in [-0.1, -0.05) is 0 Å². The topological polar surface area (TPSA) is 228 Å². The van der Waals surface area contributed by atoms with Crippen molar-refractivity contribution in [1.29, 1.82) is 0 Å². The van der Waals surface area contributed by atoms with Crippen LogP contribution in [0.3, 0.4) is 0 Å². The molecular weight excluding hydrogens is 447 g/mol. The molecule has 0 radical (unpaired) electrons. The Labute approximate surface area is 154 Å². The first-order valence-corrected chi connectivity index (χ1v) is 12.3. The first-order valence-electron chi connectivity index (χ1n) is 7.53. The number of hydrogen-bond donors (Lipinski definition) is 8. The molecule has 26 heavy (non-hydrogen) atoms. The molecule has 0 aromatic rings. The first-order chi connectivity index (χ1) is 11.9. The zero-order chi connectivity index (χ0) is 20.2. The van der Waals surface area contributed by atoms with Gasteiger partial charge in [0.1, 0.15) is 0 Å². The van der Waals surface area contributed by atoms with E-state index in [1.54, 1.807) is 0 Å². The summed E-state index contributed by atoms with van der Waals surface area (Å²) in [6.07, 6.45) is -12.6. The Kier molecular flexibility index (Phi) is 9.29. The van der Waals surface area contributed by atoms with Crippen LogP contribution in [-0.2, 0) is 14.6 Å². The van der Waals surface area contributed by atoms with Crippen LogP contribution in [0.2, 0.25) is 15.5 Å². The van der Waals surface area contributed by atoms with Crippen molar-refractivity contribution in [1.82, 2.24) is 0 Å². The van der Waals surface area contributed by atoms with Crippen LogP contribution < -0.4 is 0 Å². The first kappa shape index (κ1) is 24.1. The van der Waals surface area contributed by atoms with Crippen molar-refractivity contribution in [2.45, 2.75) is 58.2 Å². The number of aliphatic hydroxyl groups excluding tert-OH is 8. The van der Waals surface area contributed by atoms with Gasteiger partial charge < -0.3 is 0 Å². The summed E-state index contributed by atoms with van der Waals surface area (Å²) in [6, 6.07) is 0. The Bertz CT molecular complexity index is 532. The standard InChI is InChI=1S/C12H24O12SSe/c13-1-5(15)10(19)11(20)12(24-25(21,22)23)7(17)4-26-3-6(16)9(18)8(26)2-14/h5-20H,1-4H2/t5?,6-,7?,8-,9+,10?,11?,12-,26?/m1/s1. The summed E-state index contributed by atoms with van der Waals surface area (Å²) >= 11 is -2.12. The molecule has 0 bridgehead atoms. The molecule has 0 aromatic heterocycles. The maximum absolute atomic E-state index is 10.9. The maximum atomic E-state index is 10.9. The molecule has 156 valence electrons. The Morgan fingerprint density at radius 2 is 1.65 bits per heavy atom.